The van der Waals surface area contributed by atoms with Gasteiger partial charge >= 0.3 is 0 Å². The zero-order valence-electron chi connectivity index (χ0n) is 12.3. The van der Waals surface area contributed by atoms with Crippen LogP contribution in [-0.4, -0.2) is 22.8 Å². The lowest BCUT2D eigenvalue weighted by molar-refractivity contribution is 0.0942. The largest absolute Gasteiger partial charge is 0.350 e. The standard InChI is InChI=1S/C16H16ClN3O2/c1-10(2)19-15(21)11-6-12(9-18-8-11)16(22)20-14-5-3-4-13(17)7-14/h3-10H,1-2H3,(H,19,21)(H,20,22). The molecule has 2 aromatic rings. The SMILES string of the molecule is CC(C)NC(=O)c1cncc(C(=O)Nc2cccc(Cl)c2)c1. The first-order valence-electron chi connectivity index (χ1n) is 6.78. The highest BCUT2D eigenvalue weighted by Gasteiger charge is 2.12. The summed E-state index contributed by atoms with van der Waals surface area (Å²) in [7, 11) is 0. The minimum Gasteiger partial charge on any atom is -0.350 e. The van der Waals surface area contributed by atoms with Crippen molar-refractivity contribution in [3.8, 4) is 0 Å². The highest BCUT2D eigenvalue weighted by molar-refractivity contribution is 6.31. The number of aromatic nitrogens is 1. The molecule has 0 unspecified atom stereocenters. The van der Waals surface area contributed by atoms with Crippen LogP contribution in [0.25, 0.3) is 0 Å². The Morgan fingerprint density at radius 1 is 1.09 bits per heavy atom. The number of nitrogens with zero attached hydrogens (tertiary/aromatic N) is 1. The molecule has 0 aliphatic carbocycles. The van der Waals surface area contributed by atoms with Gasteiger partial charge in [-0.2, -0.15) is 0 Å². The van der Waals surface area contributed by atoms with E-state index in [1.54, 1.807) is 24.3 Å². The third kappa shape index (κ3) is 4.30. The molecule has 2 amide bonds. The van der Waals surface area contributed by atoms with E-state index < -0.39 is 0 Å². The first-order chi connectivity index (χ1) is 10.5. The van der Waals surface area contributed by atoms with Crippen LogP contribution in [0.5, 0.6) is 0 Å². The van der Waals surface area contributed by atoms with E-state index in [-0.39, 0.29) is 17.9 Å². The maximum atomic E-state index is 12.2. The predicted molar refractivity (Wildman–Crippen MR) is 86.2 cm³/mol. The Kier molecular flexibility index (Phi) is 5.12. The van der Waals surface area contributed by atoms with Crippen LogP contribution in [0.1, 0.15) is 34.6 Å². The summed E-state index contributed by atoms with van der Waals surface area (Å²) in [4.78, 5) is 28.1. The lowest BCUT2D eigenvalue weighted by Crippen LogP contribution is -2.30. The van der Waals surface area contributed by atoms with Crippen molar-refractivity contribution in [1.29, 1.82) is 0 Å². The Labute approximate surface area is 133 Å². The molecule has 2 rings (SSSR count). The Hall–Kier alpha value is -2.40. The summed E-state index contributed by atoms with van der Waals surface area (Å²) in [6, 6.07) is 8.34. The molecule has 1 heterocycles. The molecule has 0 saturated heterocycles. The highest BCUT2D eigenvalue weighted by atomic mass is 35.5. The van der Waals surface area contributed by atoms with Crippen molar-refractivity contribution in [1.82, 2.24) is 10.3 Å². The molecule has 0 atom stereocenters. The molecule has 0 fully saturated rings. The molecule has 5 nitrogen and oxygen atoms in total. The first kappa shape index (κ1) is 16.0. The lowest BCUT2D eigenvalue weighted by Gasteiger charge is -2.09. The number of amides is 2. The number of anilines is 1. The fourth-order valence-electron chi connectivity index (χ4n) is 1.80. The second-order valence-electron chi connectivity index (χ2n) is 5.05. The van der Waals surface area contributed by atoms with Gasteiger partial charge in [-0.3, -0.25) is 14.6 Å². The van der Waals surface area contributed by atoms with E-state index in [1.165, 1.54) is 18.5 Å². The van der Waals surface area contributed by atoms with E-state index in [0.717, 1.165) is 0 Å². The molecule has 0 spiro atoms. The molecular formula is C16H16ClN3O2. The van der Waals surface area contributed by atoms with E-state index in [2.05, 4.69) is 15.6 Å². The van der Waals surface area contributed by atoms with Crippen molar-refractivity contribution < 1.29 is 9.59 Å². The Morgan fingerprint density at radius 3 is 2.41 bits per heavy atom. The van der Waals surface area contributed by atoms with Crippen molar-refractivity contribution in [2.45, 2.75) is 19.9 Å². The van der Waals surface area contributed by atoms with Crippen LogP contribution in [0.4, 0.5) is 5.69 Å². The third-order valence-corrected chi connectivity index (χ3v) is 3.00. The molecule has 114 valence electrons. The van der Waals surface area contributed by atoms with Gasteiger partial charge in [0, 0.05) is 29.1 Å². The van der Waals surface area contributed by atoms with Gasteiger partial charge in [0.25, 0.3) is 11.8 Å². The number of hydrogen-bond acceptors (Lipinski definition) is 3. The zero-order chi connectivity index (χ0) is 16.1. The van der Waals surface area contributed by atoms with Crippen LogP contribution < -0.4 is 10.6 Å². The van der Waals surface area contributed by atoms with Crippen molar-refractivity contribution in [2.24, 2.45) is 0 Å². The van der Waals surface area contributed by atoms with Gasteiger partial charge in [0.2, 0.25) is 0 Å². The molecule has 0 saturated carbocycles. The number of carbonyl (C=O) groups is 2. The fraction of sp³-hybridized carbons (Fsp3) is 0.188. The molecule has 2 N–H and O–H groups in total. The topological polar surface area (TPSA) is 71.1 Å². The van der Waals surface area contributed by atoms with Crippen LogP contribution in [0.2, 0.25) is 5.02 Å². The van der Waals surface area contributed by atoms with Crippen LogP contribution in [-0.2, 0) is 0 Å². The summed E-state index contributed by atoms with van der Waals surface area (Å²) >= 11 is 5.87. The summed E-state index contributed by atoms with van der Waals surface area (Å²) in [5.41, 5.74) is 1.22. The van der Waals surface area contributed by atoms with E-state index in [0.29, 0.717) is 21.8 Å². The molecule has 22 heavy (non-hydrogen) atoms. The van der Waals surface area contributed by atoms with E-state index in [9.17, 15) is 9.59 Å². The summed E-state index contributed by atoms with van der Waals surface area (Å²) in [5.74, 6) is -0.617. The van der Waals surface area contributed by atoms with Gasteiger partial charge in [-0.25, -0.2) is 0 Å². The number of nitrogens with one attached hydrogen (secondary N) is 2. The van der Waals surface area contributed by atoms with Crippen LogP contribution in [0.3, 0.4) is 0 Å². The van der Waals surface area contributed by atoms with E-state index in [4.69, 9.17) is 11.6 Å². The quantitative estimate of drug-likeness (QED) is 0.910. The second kappa shape index (κ2) is 7.04. The van der Waals surface area contributed by atoms with E-state index >= 15 is 0 Å². The average Bonchev–Trinajstić information content (AvgIpc) is 2.46. The molecule has 6 heteroatoms. The van der Waals surface area contributed by atoms with E-state index in [1.807, 2.05) is 13.8 Å². The fourth-order valence-corrected chi connectivity index (χ4v) is 1.99. The minimum absolute atomic E-state index is 0.0106. The molecular weight excluding hydrogens is 302 g/mol. The number of rotatable bonds is 4. The summed E-state index contributed by atoms with van der Waals surface area (Å²) in [5, 5.41) is 5.99. The van der Waals surface area contributed by atoms with Gasteiger partial charge in [-0.05, 0) is 38.1 Å². The molecule has 0 aliphatic rings. The van der Waals surface area contributed by atoms with Gasteiger partial charge in [0.15, 0.2) is 0 Å². The Balaban J connectivity index is 2.15. The van der Waals surface area contributed by atoms with Crippen LogP contribution in [0.15, 0.2) is 42.7 Å². The third-order valence-electron chi connectivity index (χ3n) is 2.76. The number of carbonyl (C=O) groups excluding carboxylic acids is 2. The van der Waals surface area contributed by atoms with Gasteiger partial charge in [-0.1, -0.05) is 17.7 Å². The smallest absolute Gasteiger partial charge is 0.257 e. The van der Waals surface area contributed by atoms with Crippen molar-refractivity contribution in [3.63, 3.8) is 0 Å². The maximum absolute atomic E-state index is 12.2. The van der Waals surface area contributed by atoms with Crippen molar-refractivity contribution >= 4 is 29.1 Å². The van der Waals surface area contributed by atoms with Gasteiger partial charge < -0.3 is 10.6 Å². The van der Waals surface area contributed by atoms with Crippen LogP contribution in [0, 0.1) is 0 Å². The van der Waals surface area contributed by atoms with Crippen molar-refractivity contribution in [2.75, 3.05) is 5.32 Å². The number of pyridine rings is 1. The normalized spacial score (nSPS) is 10.4. The summed E-state index contributed by atoms with van der Waals surface area (Å²) < 4.78 is 0. The molecule has 0 radical (unpaired) electrons. The lowest BCUT2D eigenvalue weighted by atomic mass is 10.1. The zero-order valence-corrected chi connectivity index (χ0v) is 13.0. The maximum Gasteiger partial charge on any atom is 0.257 e. The Morgan fingerprint density at radius 2 is 1.77 bits per heavy atom. The summed E-state index contributed by atoms with van der Waals surface area (Å²) in [6.07, 6.45) is 2.83. The predicted octanol–water partition coefficient (Wildman–Crippen LogP) is 3.13. The number of benzene rings is 1. The number of hydrogen-bond donors (Lipinski definition) is 2. The molecule has 0 aliphatic heterocycles. The van der Waals surface area contributed by atoms with Gasteiger partial charge in [0.05, 0.1) is 11.1 Å². The van der Waals surface area contributed by atoms with Gasteiger partial charge in [-0.15, -0.1) is 0 Å². The highest BCUT2D eigenvalue weighted by Crippen LogP contribution is 2.16. The average molecular weight is 318 g/mol. The molecule has 1 aromatic carbocycles. The monoisotopic (exact) mass is 317 g/mol. The Bertz CT molecular complexity index is 701. The number of halogens is 1. The van der Waals surface area contributed by atoms with Crippen molar-refractivity contribution in [3.05, 3.63) is 58.9 Å². The minimum atomic E-state index is -0.353. The van der Waals surface area contributed by atoms with Gasteiger partial charge in [0.1, 0.15) is 0 Å². The summed E-state index contributed by atoms with van der Waals surface area (Å²) in [6.45, 7) is 3.72. The van der Waals surface area contributed by atoms with Crippen LogP contribution >= 0.6 is 11.6 Å². The molecule has 0 bridgehead atoms. The second-order valence-corrected chi connectivity index (χ2v) is 5.49. The molecule has 1 aromatic heterocycles. The first-order valence-corrected chi connectivity index (χ1v) is 7.16.